The molecule has 0 N–H and O–H groups in total. The molecule has 11 aromatic carbocycles. The summed E-state index contributed by atoms with van der Waals surface area (Å²) in [5.41, 5.74) is 44.7. The average Bonchev–Trinajstić information content (AvgIpc) is 0.692. The fourth-order valence-corrected chi connectivity index (χ4v) is 16.0. The molecule has 4 nitrogen and oxygen atoms in total. The predicted molar refractivity (Wildman–Crippen MR) is 372 cm³/mol. The van der Waals surface area contributed by atoms with Gasteiger partial charge in [0, 0.05) is 68.2 Å². The first kappa shape index (κ1) is 53.5. The molecule has 0 fully saturated rings. The van der Waals surface area contributed by atoms with Crippen molar-refractivity contribution < 1.29 is 0 Å². The van der Waals surface area contributed by atoms with Crippen LogP contribution in [0.5, 0.6) is 0 Å². The van der Waals surface area contributed by atoms with E-state index in [1.165, 1.54) is 190 Å². The third kappa shape index (κ3) is 8.34. The molecule has 0 aromatic heterocycles. The molecule has 418 valence electrons. The van der Waals surface area contributed by atoms with Crippen LogP contribution < -0.4 is 52.4 Å². The van der Waals surface area contributed by atoms with Crippen molar-refractivity contribution in [2.45, 2.75) is 96.9 Å². The molecule has 4 aliphatic heterocycles. The van der Waals surface area contributed by atoms with E-state index in [9.17, 15) is 0 Å². The molecule has 0 amide bonds. The number of hydrogen-bond donors (Lipinski definition) is 0. The van der Waals surface area contributed by atoms with Gasteiger partial charge in [-0.3, -0.25) is 0 Å². The van der Waals surface area contributed by atoms with Crippen molar-refractivity contribution >= 4 is 114 Å². The number of aryl methyl sites for hydroxylation is 14. The van der Waals surface area contributed by atoms with Crippen LogP contribution in [0.25, 0.3) is 22.3 Å². The lowest BCUT2D eigenvalue weighted by Crippen LogP contribution is -2.64. The van der Waals surface area contributed by atoms with Crippen LogP contribution in [-0.4, -0.2) is 13.4 Å². The Morgan fingerprint density at radius 3 is 0.744 bits per heavy atom. The second-order valence-corrected chi connectivity index (χ2v) is 26.1. The van der Waals surface area contributed by atoms with Gasteiger partial charge in [0.2, 0.25) is 0 Å². The molecule has 0 saturated heterocycles. The smallest absolute Gasteiger partial charge is 0.252 e. The van der Waals surface area contributed by atoms with Gasteiger partial charge in [-0.1, -0.05) is 84.9 Å². The average molecular weight is 1110 g/mol. The third-order valence-electron chi connectivity index (χ3n) is 19.0. The highest BCUT2D eigenvalue weighted by atomic mass is 15.2. The highest BCUT2D eigenvalue weighted by Gasteiger charge is 2.49. The number of nitrogens with zero attached hydrogens (tertiary/aromatic N) is 4. The molecular formula is C80H72B2N4. The molecule has 0 spiro atoms. The molecule has 0 unspecified atom stereocenters. The van der Waals surface area contributed by atoms with Crippen LogP contribution in [0, 0.1) is 96.9 Å². The maximum Gasteiger partial charge on any atom is 0.252 e. The summed E-state index contributed by atoms with van der Waals surface area (Å²) >= 11 is 0. The van der Waals surface area contributed by atoms with E-state index in [2.05, 4.69) is 299 Å². The van der Waals surface area contributed by atoms with E-state index < -0.39 is 0 Å². The van der Waals surface area contributed by atoms with E-state index in [0.717, 1.165) is 11.4 Å². The molecule has 0 aliphatic carbocycles. The summed E-state index contributed by atoms with van der Waals surface area (Å²) in [6.45, 7) is 31.4. The van der Waals surface area contributed by atoms with Crippen molar-refractivity contribution in [3.8, 4) is 22.3 Å². The standard InChI is InChI=1S/C80H72B2N4/c1-45-21-23-65-69(37-45)83(61-29-47(3)25-48(4)30-61)73-39-59(77-55(11)17-15-18-56(77)12)41-75-79(73)81(65)67-43-72-68(44-71(67)85(75)63-33-51(7)27-52(8)34-63)82-66-24-22-46(2)38-70(66)84(62-31-49(5)26-50(6)32-62)74-40-60(78-57(13)19-16-20-58(78)14)42-76(80(74)82)86(72)64-35-53(9)28-54(10)36-64/h15-44H,1-14H3. The molecule has 4 aliphatic rings. The normalized spacial score (nSPS) is 13.3. The highest BCUT2D eigenvalue weighted by Crippen LogP contribution is 2.51. The molecular weight excluding hydrogens is 1040 g/mol. The molecule has 4 heterocycles. The van der Waals surface area contributed by atoms with Crippen LogP contribution in [-0.2, 0) is 0 Å². The number of anilines is 12. The summed E-state index contributed by atoms with van der Waals surface area (Å²) in [5, 5.41) is 0. The Hall–Kier alpha value is -9.25. The number of rotatable bonds is 6. The highest BCUT2D eigenvalue weighted by molar-refractivity contribution is 7.02. The summed E-state index contributed by atoms with van der Waals surface area (Å²) in [4.78, 5) is 10.6. The minimum Gasteiger partial charge on any atom is -0.311 e. The molecule has 0 atom stereocenters. The SMILES string of the molecule is Cc1cc(C)cc(N2c3cc(C)ccc3B3c4cc5c(cc4N(c4cc(C)cc(C)c4)c4cc(-c6c(C)cccc6C)cc2c43)B2c3ccc(C)cc3N(c3cc(C)cc(C)c3)c3cc(-c4c(C)cccc4C)cc(c32)N5c2cc(C)cc(C)c2)c1. The monoisotopic (exact) mass is 1110 g/mol. The molecule has 6 heteroatoms. The summed E-state index contributed by atoms with van der Waals surface area (Å²) < 4.78 is 0. The van der Waals surface area contributed by atoms with Crippen LogP contribution in [0.3, 0.4) is 0 Å². The van der Waals surface area contributed by atoms with Gasteiger partial charge in [-0.15, -0.1) is 0 Å². The molecule has 11 aromatic rings. The Bertz CT molecular complexity index is 4340. The summed E-state index contributed by atoms with van der Waals surface area (Å²) in [6.07, 6.45) is 0. The number of benzene rings is 11. The second-order valence-electron chi connectivity index (χ2n) is 26.1. The van der Waals surface area contributed by atoms with Gasteiger partial charge in [0.05, 0.1) is 0 Å². The number of fused-ring (bicyclic) bond motifs is 8. The van der Waals surface area contributed by atoms with Crippen molar-refractivity contribution in [3.63, 3.8) is 0 Å². The lowest BCUT2D eigenvalue weighted by Gasteiger charge is -2.47. The summed E-state index contributed by atoms with van der Waals surface area (Å²) in [6, 6.07) is 72.0. The zero-order valence-corrected chi connectivity index (χ0v) is 52.3. The molecule has 0 saturated carbocycles. The van der Waals surface area contributed by atoms with E-state index in [1.807, 2.05) is 0 Å². The van der Waals surface area contributed by atoms with Gasteiger partial charge in [0.25, 0.3) is 13.4 Å². The van der Waals surface area contributed by atoms with Crippen LogP contribution >= 0.6 is 0 Å². The lowest BCUT2D eigenvalue weighted by molar-refractivity contribution is 1.21. The zero-order valence-electron chi connectivity index (χ0n) is 52.3. The Balaban J connectivity index is 1.12. The van der Waals surface area contributed by atoms with Crippen LogP contribution in [0.15, 0.2) is 182 Å². The van der Waals surface area contributed by atoms with Gasteiger partial charge in [0.1, 0.15) is 0 Å². The Kier molecular flexibility index (Phi) is 12.2. The third-order valence-corrected chi connectivity index (χ3v) is 19.0. The van der Waals surface area contributed by atoms with E-state index in [0.29, 0.717) is 0 Å². The van der Waals surface area contributed by atoms with E-state index >= 15 is 0 Å². The summed E-state index contributed by atoms with van der Waals surface area (Å²) in [5.74, 6) is 0. The molecule has 0 bridgehead atoms. The fourth-order valence-electron chi connectivity index (χ4n) is 16.0. The van der Waals surface area contributed by atoms with Gasteiger partial charge < -0.3 is 19.6 Å². The van der Waals surface area contributed by atoms with Crippen LogP contribution in [0.4, 0.5) is 68.2 Å². The van der Waals surface area contributed by atoms with Crippen molar-refractivity contribution in [2.75, 3.05) is 19.6 Å². The summed E-state index contributed by atoms with van der Waals surface area (Å²) in [7, 11) is 0. The maximum atomic E-state index is 2.67. The van der Waals surface area contributed by atoms with Gasteiger partial charge in [-0.2, -0.15) is 0 Å². The van der Waals surface area contributed by atoms with E-state index in [1.54, 1.807) is 0 Å². The van der Waals surface area contributed by atoms with Crippen molar-refractivity contribution in [3.05, 3.63) is 260 Å². The molecule has 86 heavy (non-hydrogen) atoms. The first-order valence-electron chi connectivity index (χ1n) is 30.8. The zero-order chi connectivity index (χ0) is 59.5. The molecule has 15 rings (SSSR count). The Morgan fingerprint density at radius 2 is 0.477 bits per heavy atom. The molecule has 0 radical (unpaired) electrons. The number of hydrogen-bond acceptors (Lipinski definition) is 4. The van der Waals surface area contributed by atoms with Gasteiger partial charge >= 0.3 is 0 Å². The quantitative estimate of drug-likeness (QED) is 0.154. The fraction of sp³-hybridized carbons (Fsp3) is 0.175. The van der Waals surface area contributed by atoms with Crippen molar-refractivity contribution in [2.24, 2.45) is 0 Å². The van der Waals surface area contributed by atoms with E-state index in [4.69, 9.17) is 0 Å². The van der Waals surface area contributed by atoms with Gasteiger partial charge in [-0.25, -0.2) is 0 Å². The van der Waals surface area contributed by atoms with Crippen LogP contribution in [0.1, 0.15) is 77.9 Å². The second kappa shape index (κ2) is 19.7. The minimum atomic E-state index is -0.118. The minimum absolute atomic E-state index is 0.118. The Morgan fingerprint density at radius 1 is 0.221 bits per heavy atom. The van der Waals surface area contributed by atoms with E-state index in [-0.39, 0.29) is 13.4 Å². The van der Waals surface area contributed by atoms with Crippen molar-refractivity contribution in [1.82, 2.24) is 0 Å². The maximum absolute atomic E-state index is 2.67. The Labute approximate surface area is 510 Å². The van der Waals surface area contributed by atoms with Gasteiger partial charge in [-0.05, 0) is 327 Å². The van der Waals surface area contributed by atoms with Crippen molar-refractivity contribution in [1.29, 1.82) is 0 Å². The topological polar surface area (TPSA) is 13.0 Å². The van der Waals surface area contributed by atoms with Crippen LogP contribution in [0.2, 0.25) is 0 Å². The van der Waals surface area contributed by atoms with Gasteiger partial charge in [0.15, 0.2) is 0 Å². The largest absolute Gasteiger partial charge is 0.311 e. The first-order valence-corrected chi connectivity index (χ1v) is 30.8. The predicted octanol–water partition coefficient (Wildman–Crippen LogP) is 17.5. The lowest BCUT2D eigenvalue weighted by atomic mass is 9.31. The first-order chi connectivity index (χ1) is 41.3.